The number of carboxylic acids is 1. The molecule has 0 saturated carbocycles. The van der Waals surface area contributed by atoms with Crippen molar-refractivity contribution < 1.29 is 24.0 Å². The summed E-state index contributed by atoms with van der Waals surface area (Å²) in [6.07, 6.45) is 0. The van der Waals surface area contributed by atoms with Crippen LogP contribution in [-0.4, -0.2) is 41.8 Å². The number of carboxylic acid groups (broad SMARTS) is 1. The molecule has 1 aromatic carbocycles. The van der Waals surface area contributed by atoms with Crippen molar-refractivity contribution in [2.75, 3.05) is 24.7 Å². The number of nitrogens with zero attached hydrogens (tertiary/aromatic N) is 2. The minimum Gasteiger partial charge on any atom is -0.481 e. The van der Waals surface area contributed by atoms with Crippen molar-refractivity contribution in [2.45, 2.75) is 13.0 Å². The Hall–Kier alpha value is -2.22. The van der Waals surface area contributed by atoms with E-state index in [1.807, 2.05) is 0 Å². The average molecular weight is 298 g/mol. The molecule has 0 radical (unpaired) electrons. The predicted molar refractivity (Wildman–Crippen MR) is 71.8 cm³/mol. The molecule has 1 aliphatic heterocycles. The van der Waals surface area contributed by atoms with Crippen molar-refractivity contribution in [3.63, 3.8) is 0 Å². The van der Waals surface area contributed by atoms with Crippen molar-refractivity contribution >= 4 is 17.3 Å². The minimum atomic E-state index is -1.00. The number of rotatable bonds is 5. The maximum Gasteiger partial charge on any atom is 0.311 e. The number of non-ortho nitro benzene ring substituents is 1. The van der Waals surface area contributed by atoms with Crippen LogP contribution in [0.3, 0.4) is 0 Å². The quantitative estimate of drug-likeness (QED) is 0.656. The van der Waals surface area contributed by atoms with Crippen LogP contribution >= 0.6 is 0 Å². The Morgan fingerprint density at radius 2 is 2.29 bits per heavy atom. The smallest absolute Gasteiger partial charge is 0.311 e. The second-order valence-electron chi connectivity index (χ2n) is 4.73. The zero-order chi connectivity index (χ0) is 15.6. The van der Waals surface area contributed by atoms with E-state index in [9.17, 15) is 24.4 Å². The first-order valence-corrected chi connectivity index (χ1v) is 6.46. The summed E-state index contributed by atoms with van der Waals surface area (Å²) in [6.45, 7) is 2.39. The van der Waals surface area contributed by atoms with E-state index in [1.165, 1.54) is 12.1 Å². The molecule has 1 fully saturated rings. The minimum absolute atomic E-state index is 0.0745. The average Bonchev–Trinajstić information content (AvgIpc) is 2.90. The highest BCUT2D eigenvalue weighted by Crippen LogP contribution is 2.29. The number of aliphatic carboxylic acids is 1. The Bertz CT molecular complexity index is 565. The van der Waals surface area contributed by atoms with Crippen LogP contribution < -0.4 is 4.90 Å². The lowest BCUT2D eigenvalue weighted by Gasteiger charge is -2.31. The Balaban J connectivity index is 2.33. The summed E-state index contributed by atoms with van der Waals surface area (Å²) in [5, 5.41) is 19.8. The Morgan fingerprint density at radius 1 is 1.57 bits per heavy atom. The number of hydrogen-bond acceptors (Lipinski definition) is 5. The molecule has 1 heterocycles. The van der Waals surface area contributed by atoms with Gasteiger partial charge in [-0.15, -0.1) is 0 Å². The lowest BCUT2D eigenvalue weighted by atomic mass is 10.0. The Morgan fingerprint density at radius 3 is 2.81 bits per heavy atom. The lowest BCUT2D eigenvalue weighted by Crippen LogP contribution is -2.43. The summed E-state index contributed by atoms with van der Waals surface area (Å²) >= 11 is 0. The van der Waals surface area contributed by atoms with Crippen LogP contribution in [0.25, 0.3) is 0 Å². The topological polar surface area (TPSA) is 92.9 Å². The fourth-order valence-electron chi connectivity index (χ4n) is 2.51. The van der Waals surface area contributed by atoms with Gasteiger partial charge in [-0.3, -0.25) is 14.9 Å². The van der Waals surface area contributed by atoms with E-state index in [4.69, 9.17) is 4.74 Å². The number of halogens is 1. The molecule has 0 aliphatic carbocycles. The van der Waals surface area contributed by atoms with Gasteiger partial charge in [-0.2, -0.15) is 0 Å². The summed E-state index contributed by atoms with van der Waals surface area (Å²) < 4.78 is 19.3. The summed E-state index contributed by atoms with van der Waals surface area (Å²) in [5.74, 6) is -2.50. The molecule has 1 saturated heterocycles. The van der Waals surface area contributed by atoms with E-state index < -0.39 is 28.7 Å². The van der Waals surface area contributed by atoms with Crippen LogP contribution in [0.1, 0.15) is 6.92 Å². The van der Waals surface area contributed by atoms with Crippen molar-refractivity contribution in [1.29, 1.82) is 0 Å². The molecule has 2 rings (SSSR count). The molecule has 1 aliphatic rings. The molecule has 8 heteroatoms. The third-order valence-electron chi connectivity index (χ3n) is 3.56. The molecule has 7 nitrogen and oxygen atoms in total. The summed E-state index contributed by atoms with van der Waals surface area (Å²) in [6, 6.07) is 2.84. The highest BCUT2D eigenvalue weighted by Gasteiger charge is 2.38. The van der Waals surface area contributed by atoms with Gasteiger partial charge in [0.05, 0.1) is 35.9 Å². The van der Waals surface area contributed by atoms with Gasteiger partial charge in [0, 0.05) is 12.6 Å². The van der Waals surface area contributed by atoms with Crippen LogP contribution in [0.5, 0.6) is 0 Å². The SMILES string of the molecule is CCN(c1ccc([N+](=O)[O-])cc1F)C1COCC1C(=O)O. The van der Waals surface area contributed by atoms with Crippen molar-refractivity contribution in [3.05, 3.63) is 34.1 Å². The molecule has 0 aromatic heterocycles. The first-order valence-electron chi connectivity index (χ1n) is 6.46. The molecule has 1 N–H and O–H groups in total. The number of nitro benzene ring substituents is 1. The van der Waals surface area contributed by atoms with Gasteiger partial charge in [0.2, 0.25) is 0 Å². The first-order chi connectivity index (χ1) is 9.95. The number of benzene rings is 1. The molecule has 0 bridgehead atoms. The highest BCUT2D eigenvalue weighted by atomic mass is 19.1. The van der Waals surface area contributed by atoms with Gasteiger partial charge in [0.25, 0.3) is 5.69 Å². The van der Waals surface area contributed by atoms with Crippen molar-refractivity contribution in [3.8, 4) is 0 Å². The van der Waals surface area contributed by atoms with Crippen LogP contribution in [0.4, 0.5) is 15.8 Å². The predicted octanol–water partition coefficient (Wildman–Crippen LogP) is 1.66. The molecule has 21 heavy (non-hydrogen) atoms. The molecular formula is C13H15FN2O5. The summed E-state index contributed by atoms with van der Waals surface area (Å²) in [5.41, 5.74) is -0.199. The molecule has 0 spiro atoms. The lowest BCUT2D eigenvalue weighted by molar-refractivity contribution is -0.385. The zero-order valence-electron chi connectivity index (χ0n) is 11.4. The number of anilines is 1. The summed E-state index contributed by atoms with van der Waals surface area (Å²) in [7, 11) is 0. The molecule has 2 atom stereocenters. The number of nitro groups is 1. The monoisotopic (exact) mass is 298 g/mol. The number of likely N-dealkylation sites (N-methyl/N-ethyl adjacent to an activating group) is 1. The number of hydrogen-bond donors (Lipinski definition) is 1. The van der Waals surface area contributed by atoms with Gasteiger partial charge in [-0.05, 0) is 13.0 Å². The van der Waals surface area contributed by atoms with Crippen LogP contribution in [0, 0.1) is 21.8 Å². The third kappa shape index (κ3) is 2.94. The van der Waals surface area contributed by atoms with Crippen LogP contribution in [-0.2, 0) is 9.53 Å². The summed E-state index contributed by atoms with van der Waals surface area (Å²) in [4.78, 5) is 22.7. The second kappa shape index (κ2) is 6.04. The molecular weight excluding hydrogens is 283 g/mol. The van der Waals surface area contributed by atoms with E-state index in [0.717, 1.165) is 6.07 Å². The normalized spacial score (nSPS) is 21.2. The van der Waals surface area contributed by atoms with Gasteiger partial charge < -0.3 is 14.7 Å². The van der Waals surface area contributed by atoms with E-state index in [-0.39, 0.29) is 24.6 Å². The first kappa shape index (κ1) is 15.2. The van der Waals surface area contributed by atoms with Gasteiger partial charge in [-0.1, -0.05) is 0 Å². The van der Waals surface area contributed by atoms with E-state index >= 15 is 0 Å². The maximum absolute atomic E-state index is 14.1. The third-order valence-corrected chi connectivity index (χ3v) is 3.56. The van der Waals surface area contributed by atoms with Crippen molar-refractivity contribution in [2.24, 2.45) is 5.92 Å². The number of carbonyl (C=O) groups is 1. The molecule has 0 amide bonds. The highest BCUT2D eigenvalue weighted by molar-refractivity contribution is 5.72. The van der Waals surface area contributed by atoms with Gasteiger partial charge in [0.15, 0.2) is 5.82 Å². The van der Waals surface area contributed by atoms with Gasteiger partial charge in [-0.25, -0.2) is 4.39 Å². The largest absolute Gasteiger partial charge is 0.481 e. The molecule has 114 valence electrons. The van der Waals surface area contributed by atoms with E-state index in [2.05, 4.69) is 0 Å². The fraction of sp³-hybridized carbons (Fsp3) is 0.462. The molecule has 1 aromatic rings. The van der Waals surface area contributed by atoms with Crippen LogP contribution in [0.2, 0.25) is 0 Å². The maximum atomic E-state index is 14.1. The van der Waals surface area contributed by atoms with Crippen LogP contribution in [0.15, 0.2) is 18.2 Å². The van der Waals surface area contributed by atoms with Gasteiger partial charge >= 0.3 is 5.97 Å². The standard InChI is InChI=1S/C13H15FN2O5/c1-2-15(12-7-21-6-9(12)13(17)18)11-4-3-8(16(19)20)5-10(11)14/h3-5,9,12H,2,6-7H2,1H3,(H,17,18). The Kier molecular flexibility index (Phi) is 4.37. The van der Waals surface area contributed by atoms with Crippen molar-refractivity contribution in [1.82, 2.24) is 0 Å². The fourth-order valence-corrected chi connectivity index (χ4v) is 2.51. The number of ether oxygens (including phenoxy) is 1. The second-order valence-corrected chi connectivity index (χ2v) is 4.73. The molecule has 2 unspecified atom stereocenters. The zero-order valence-corrected chi connectivity index (χ0v) is 11.4. The van der Waals surface area contributed by atoms with Gasteiger partial charge in [0.1, 0.15) is 5.92 Å². The van der Waals surface area contributed by atoms with E-state index in [1.54, 1.807) is 11.8 Å². The Labute approximate surface area is 120 Å². The van der Waals surface area contributed by atoms with E-state index in [0.29, 0.717) is 6.54 Å².